The first-order valence-corrected chi connectivity index (χ1v) is 6.66. The maximum atomic E-state index is 12.0. The van der Waals surface area contributed by atoms with Gasteiger partial charge in [0.25, 0.3) is 5.91 Å². The molecular formula is C14H11BrN2O2. The van der Waals surface area contributed by atoms with Crippen LogP contribution in [0.5, 0.6) is 5.75 Å². The molecule has 19 heavy (non-hydrogen) atoms. The van der Waals surface area contributed by atoms with Crippen molar-refractivity contribution in [3.05, 3.63) is 52.8 Å². The molecule has 1 aromatic carbocycles. The molecule has 0 saturated carbocycles. The third kappa shape index (κ3) is 2.46. The Bertz CT molecular complexity index is 616. The molecule has 1 amide bonds. The molecule has 2 heterocycles. The fourth-order valence-electron chi connectivity index (χ4n) is 2.00. The Hall–Kier alpha value is -1.88. The summed E-state index contributed by atoms with van der Waals surface area (Å²) >= 11 is 3.41. The number of ether oxygens (including phenoxy) is 1. The van der Waals surface area contributed by atoms with Crippen LogP contribution in [0.2, 0.25) is 0 Å². The van der Waals surface area contributed by atoms with Crippen molar-refractivity contribution in [3.63, 3.8) is 0 Å². The van der Waals surface area contributed by atoms with Gasteiger partial charge in [-0.3, -0.25) is 14.7 Å². The molecule has 3 rings (SSSR count). The second kappa shape index (κ2) is 5.01. The van der Waals surface area contributed by atoms with Crippen molar-refractivity contribution < 1.29 is 9.53 Å². The fraction of sp³-hybridized carbons (Fsp3) is 0.143. The van der Waals surface area contributed by atoms with E-state index in [4.69, 9.17) is 4.74 Å². The predicted molar refractivity (Wildman–Crippen MR) is 75.1 cm³/mol. The van der Waals surface area contributed by atoms with Gasteiger partial charge in [-0.15, -0.1) is 0 Å². The molecule has 0 N–H and O–H groups in total. The number of rotatable bonds is 2. The van der Waals surface area contributed by atoms with Crippen molar-refractivity contribution in [2.75, 3.05) is 11.5 Å². The van der Waals surface area contributed by atoms with E-state index in [1.54, 1.807) is 11.1 Å². The monoisotopic (exact) mass is 318 g/mol. The first-order chi connectivity index (χ1) is 9.24. The minimum absolute atomic E-state index is 0.0590. The molecule has 0 bridgehead atoms. The van der Waals surface area contributed by atoms with Crippen LogP contribution < -0.4 is 9.64 Å². The Morgan fingerprint density at radius 2 is 2.21 bits per heavy atom. The molecule has 0 aliphatic carbocycles. The number of hydrogen-bond acceptors (Lipinski definition) is 3. The van der Waals surface area contributed by atoms with Gasteiger partial charge in [-0.25, -0.2) is 0 Å². The third-order valence-electron chi connectivity index (χ3n) is 2.91. The largest absolute Gasteiger partial charge is 0.482 e. The maximum absolute atomic E-state index is 12.0. The Morgan fingerprint density at radius 1 is 1.32 bits per heavy atom. The van der Waals surface area contributed by atoms with E-state index in [1.165, 1.54) is 0 Å². The number of benzene rings is 1. The van der Waals surface area contributed by atoms with Gasteiger partial charge in [-0.05, 0) is 30.3 Å². The Morgan fingerprint density at radius 3 is 3.00 bits per heavy atom. The molecule has 1 aliphatic rings. The minimum Gasteiger partial charge on any atom is -0.482 e. The number of halogens is 1. The second-order valence-corrected chi connectivity index (χ2v) is 5.12. The van der Waals surface area contributed by atoms with Crippen LogP contribution in [0, 0.1) is 0 Å². The molecule has 2 aromatic rings. The summed E-state index contributed by atoms with van der Waals surface area (Å²) < 4.78 is 6.34. The Balaban J connectivity index is 1.97. The molecule has 0 spiro atoms. The van der Waals surface area contributed by atoms with E-state index in [1.807, 2.05) is 36.4 Å². The molecule has 0 atom stereocenters. The molecule has 1 aliphatic heterocycles. The number of carbonyl (C=O) groups excluding carboxylic acids is 1. The smallest absolute Gasteiger partial charge is 0.265 e. The standard InChI is InChI=1S/C14H11BrN2O2/c15-10-4-5-13-12(7-10)17(14(18)9-19-13)8-11-3-1-2-6-16-11/h1-7H,8-9H2. The van der Waals surface area contributed by atoms with Crippen molar-refractivity contribution in [2.24, 2.45) is 0 Å². The second-order valence-electron chi connectivity index (χ2n) is 4.20. The first-order valence-electron chi connectivity index (χ1n) is 5.86. The fourth-order valence-corrected chi connectivity index (χ4v) is 2.35. The molecule has 1 aromatic heterocycles. The van der Waals surface area contributed by atoms with Gasteiger partial charge >= 0.3 is 0 Å². The van der Waals surface area contributed by atoms with Crippen molar-refractivity contribution >= 4 is 27.5 Å². The lowest BCUT2D eigenvalue weighted by Gasteiger charge is -2.29. The summed E-state index contributed by atoms with van der Waals surface area (Å²) in [5.41, 5.74) is 1.62. The highest BCUT2D eigenvalue weighted by Crippen LogP contribution is 2.35. The van der Waals surface area contributed by atoms with Gasteiger partial charge in [0.15, 0.2) is 6.61 Å². The number of nitrogens with zero attached hydrogens (tertiary/aromatic N) is 2. The van der Waals surface area contributed by atoms with Crippen LogP contribution in [-0.2, 0) is 11.3 Å². The maximum Gasteiger partial charge on any atom is 0.265 e. The van der Waals surface area contributed by atoms with Crippen LogP contribution >= 0.6 is 15.9 Å². The first kappa shape index (κ1) is 12.2. The molecule has 0 radical (unpaired) electrons. The van der Waals surface area contributed by atoms with Gasteiger partial charge in [0.05, 0.1) is 17.9 Å². The van der Waals surface area contributed by atoms with Crippen LogP contribution in [-0.4, -0.2) is 17.5 Å². The van der Waals surface area contributed by atoms with Gasteiger partial charge in [0.1, 0.15) is 5.75 Å². The average Bonchev–Trinajstić information content (AvgIpc) is 2.43. The number of hydrogen-bond donors (Lipinski definition) is 0. The number of fused-ring (bicyclic) bond motifs is 1. The number of anilines is 1. The van der Waals surface area contributed by atoms with Crippen LogP contribution in [0.25, 0.3) is 0 Å². The van der Waals surface area contributed by atoms with Crippen molar-refractivity contribution in [2.45, 2.75) is 6.54 Å². The summed E-state index contributed by atoms with van der Waals surface area (Å²) in [6.45, 7) is 0.522. The summed E-state index contributed by atoms with van der Waals surface area (Å²) in [5.74, 6) is 0.662. The zero-order valence-corrected chi connectivity index (χ0v) is 11.6. The van der Waals surface area contributed by atoms with Crippen molar-refractivity contribution in [3.8, 4) is 5.75 Å². The highest BCUT2D eigenvalue weighted by atomic mass is 79.9. The highest BCUT2D eigenvalue weighted by molar-refractivity contribution is 9.10. The average molecular weight is 319 g/mol. The Labute approximate surface area is 119 Å². The van der Waals surface area contributed by atoms with E-state index in [0.29, 0.717) is 6.54 Å². The normalized spacial score (nSPS) is 13.9. The van der Waals surface area contributed by atoms with Crippen LogP contribution in [0.4, 0.5) is 5.69 Å². The molecule has 0 fully saturated rings. The van der Waals surface area contributed by atoms with Gasteiger partial charge in [-0.2, -0.15) is 0 Å². The number of aromatic nitrogens is 1. The van der Waals surface area contributed by atoms with Crippen LogP contribution in [0.15, 0.2) is 47.1 Å². The minimum atomic E-state index is -0.0590. The van der Waals surface area contributed by atoms with E-state index in [9.17, 15) is 4.79 Å². The summed E-state index contributed by atoms with van der Waals surface area (Å²) in [5, 5.41) is 0. The van der Waals surface area contributed by atoms with Crippen molar-refractivity contribution in [1.82, 2.24) is 4.98 Å². The summed E-state index contributed by atoms with van der Waals surface area (Å²) in [4.78, 5) is 18.0. The number of amides is 1. The molecule has 0 unspecified atom stereocenters. The summed E-state index contributed by atoms with van der Waals surface area (Å²) in [6.07, 6.45) is 1.72. The number of carbonyl (C=O) groups is 1. The lowest BCUT2D eigenvalue weighted by Crippen LogP contribution is -2.38. The van der Waals surface area contributed by atoms with Crippen LogP contribution in [0.3, 0.4) is 0 Å². The van der Waals surface area contributed by atoms with Crippen LogP contribution in [0.1, 0.15) is 5.69 Å². The zero-order valence-electron chi connectivity index (χ0n) is 10.0. The molecule has 96 valence electrons. The molecule has 0 saturated heterocycles. The topological polar surface area (TPSA) is 42.4 Å². The molecule has 4 nitrogen and oxygen atoms in total. The quantitative estimate of drug-likeness (QED) is 0.855. The highest BCUT2D eigenvalue weighted by Gasteiger charge is 2.25. The van der Waals surface area contributed by atoms with Gasteiger partial charge in [0.2, 0.25) is 0 Å². The molecular weight excluding hydrogens is 308 g/mol. The lowest BCUT2D eigenvalue weighted by atomic mass is 10.2. The van der Waals surface area contributed by atoms with Gasteiger partial charge in [0, 0.05) is 10.7 Å². The summed E-state index contributed by atoms with van der Waals surface area (Å²) in [7, 11) is 0. The molecule has 5 heteroatoms. The SMILES string of the molecule is O=C1COc2ccc(Br)cc2N1Cc1ccccn1. The van der Waals surface area contributed by atoms with Crippen molar-refractivity contribution in [1.29, 1.82) is 0 Å². The van der Waals surface area contributed by atoms with E-state index < -0.39 is 0 Å². The number of pyridine rings is 1. The third-order valence-corrected chi connectivity index (χ3v) is 3.40. The predicted octanol–water partition coefficient (Wildman–Crippen LogP) is 2.77. The van der Waals surface area contributed by atoms with Gasteiger partial charge in [-0.1, -0.05) is 22.0 Å². The lowest BCUT2D eigenvalue weighted by molar-refractivity contribution is -0.121. The zero-order chi connectivity index (χ0) is 13.2. The van der Waals surface area contributed by atoms with E-state index in [2.05, 4.69) is 20.9 Å². The van der Waals surface area contributed by atoms with E-state index in [-0.39, 0.29) is 12.5 Å². The van der Waals surface area contributed by atoms with E-state index >= 15 is 0 Å². The summed E-state index contributed by atoms with van der Waals surface area (Å²) in [6, 6.07) is 11.3. The Kier molecular flexibility index (Phi) is 3.21. The van der Waals surface area contributed by atoms with E-state index in [0.717, 1.165) is 21.6 Å². The van der Waals surface area contributed by atoms with Gasteiger partial charge < -0.3 is 4.74 Å².